The van der Waals surface area contributed by atoms with Crippen molar-refractivity contribution in [3.63, 3.8) is 0 Å². The highest BCUT2D eigenvalue weighted by Crippen LogP contribution is 2.56. The van der Waals surface area contributed by atoms with Gasteiger partial charge in [-0.3, -0.25) is 0 Å². The average molecular weight is 256 g/mol. The van der Waals surface area contributed by atoms with Crippen LogP contribution in [-0.4, -0.2) is 22.8 Å². The molecule has 0 radical (unpaired) electrons. The molecule has 0 aromatic rings. The van der Waals surface area contributed by atoms with Crippen LogP contribution in [0.2, 0.25) is 12.6 Å². The van der Waals surface area contributed by atoms with E-state index < -0.39 is 8.56 Å². The Morgan fingerprint density at radius 3 is 2.18 bits per heavy atom. The molecule has 2 aliphatic rings. The van der Waals surface area contributed by atoms with Crippen molar-refractivity contribution in [2.45, 2.75) is 45.7 Å². The zero-order valence-electron chi connectivity index (χ0n) is 12.0. The predicted octanol–water partition coefficient (Wildman–Crippen LogP) is 3.67. The minimum Gasteiger partial charge on any atom is -0.398 e. The second-order valence-corrected chi connectivity index (χ2v) is 10.0. The van der Waals surface area contributed by atoms with Crippen molar-refractivity contribution >= 4 is 8.56 Å². The van der Waals surface area contributed by atoms with Crippen molar-refractivity contribution in [1.82, 2.24) is 0 Å². The SMILES string of the molecule is CO[Si](C)(CCC1CC2CC1C(C)C2C)OC. The van der Waals surface area contributed by atoms with Gasteiger partial charge in [-0.2, -0.15) is 0 Å². The van der Waals surface area contributed by atoms with E-state index in [0.717, 1.165) is 35.6 Å². The lowest BCUT2D eigenvalue weighted by molar-refractivity contribution is 0.178. The third-order valence-corrected chi connectivity index (χ3v) is 8.79. The van der Waals surface area contributed by atoms with Gasteiger partial charge in [-0.25, -0.2) is 0 Å². The summed E-state index contributed by atoms with van der Waals surface area (Å²) in [6.07, 6.45) is 4.28. The molecule has 5 unspecified atom stereocenters. The summed E-state index contributed by atoms with van der Waals surface area (Å²) in [5.74, 6) is 4.85. The van der Waals surface area contributed by atoms with E-state index in [2.05, 4.69) is 20.4 Å². The van der Waals surface area contributed by atoms with Gasteiger partial charge in [0.05, 0.1) is 0 Å². The quantitative estimate of drug-likeness (QED) is 0.699. The third-order valence-electron chi connectivity index (χ3n) is 5.87. The Morgan fingerprint density at radius 2 is 1.71 bits per heavy atom. The van der Waals surface area contributed by atoms with Gasteiger partial charge < -0.3 is 8.85 Å². The van der Waals surface area contributed by atoms with E-state index >= 15 is 0 Å². The van der Waals surface area contributed by atoms with Crippen LogP contribution in [0.1, 0.15) is 33.1 Å². The number of hydrogen-bond acceptors (Lipinski definition) is 2. The molecule has 2 bridgehead atoms. The molecule has 100 valence electrons. The summed E-state index contributed by atoms with van der Waals surface area (Å²) in [5.41, 5.74) is 0. The number of hydrogen-bond donors (Lipinski definition) is 0. The molecule has 0 saturated heterocycles. The van der Waals surface area contributed by atoms with Crippen molar-refractivity contribution in [3.05, 3.63) is 0 Å². The Morgan fingerprint density at radius 1 is 1.06 bits per heavy atom. The van der Waals surface area contributed by atoms with Crippen LogP contribution in [0.3, 0.4) is 0 Å². The van der Waals surface area contributed by atoms with Crippen LogP contribution in [-0.2, 0) is 8.85 Å². The lowest BCUT2D eigenvalue weighted by Crippen LogP contribution is -2.37. The first kappa shape index (κ1) is 13.6. The zero-order chi connectivity index (χ0) is 12.6. The molecule has 2 rings (SSSR count). The monoisotopic (exact) mass is 256 g/mol. The van der Waals surface area contributed by atoms with Crippen molar-refractivity contribution in [1.29, 1.82) is 0 Å². The van der Waals surface area contributed by atoms with Gasteiger partial charge in [0, 0.05) is 14.2 Å². The maximum absolute atomic E-state index is 5.59. The molecule has 5 atom stereocenters. The van der Waals surface area contributed by atoms with Crippen LogP contribution < -0.4 is 0 Å². The topological polar surface area (TPSA) is 18.5 Å². The molecule has 17 heavy (non-hydrogen) atoms. The highest BCUT2D eigenvalue weighted by molar-refractivity contribution is 6.65. The zero-order valence-corrected chi connectivity index (χ0v) is 13.0. The van der Waals surface area contributed by atoms with E-state index in [1.807, 2.05) is 0 Å². The molecular weight excluding hydrogens is 228 g/mol. The Kier molecular flexibility index (Phi) is 4.01. The summed E-state index contributed by atoms with van der Waals surface area (Å²) in [7, 11) is 1.78. The highest BCUT2D eigenvalue weighted by Gasteiger charge is 2.48. The number of fused-ring (bicyclic) bond motifs is 2. The molecule has 2 nitrogen and oxygen atoms in total. The van der Waals surface area contributed by atoms with E-state index in [4.69, 9.17) is 8.85 Å². The molecule has 0 aromatic carbocycles. The standard InChI is InChI=1S/C14H28O2Si/c1-10-11(2)14-9-13(10)8-12(14)6-7-17(5,15-3)16-4/h10-14H,6-9H2,1-5H3. The van der Waals surface area contributed by atoms with Crippen LogP contribution in [0, 0.1) is 29.6 Å². The molecule has 0 spiro atoms. The van der Waals surface area contributed by atoms with E-state index in [1.54, 1.807) is 14.2 Å². The van der Waals surface area contributed by atoms with E-state index in [9.17, 15) is 0 Å². The van der Waals surface area contributed by atoms with Crippen molar-refractivity contribution in [2.75, 3.05) is 14.2 Å². The summed E-state index contributed by atoms with van der Waals surface area (Å²) >= 11 is 0. The van der Waals surface area contributed by atoms with Gasteiger partial charge in [0.2, 0.25) is 0 Å². The van der Waals surface area contributed by atoms with Gasteiger partial charge >= 0.3 is 8.56 Å². The molecule has 0 aromatic heterocycles. The van der Waals surface area contributed by atoms with Crippen molar-refractivity contribution in [2.24, 2.45) is 29.6 Å². The predicted molar refractivity (Wildman–Crippen MR) is 73.1 cm³/mol. The largest absolute Gasteiger partial charge is 0.398 e. The lowest BCUT2D eigenvalue weighted by atomic mass is 9.75. The normalized spacial score (nSPS) is 41.1. The number of rotatable bonds is 5. The van der Waals surface area contributed by atoms with Gasteiger partial charge in [-0.1, -0.05) is 13.8 Å². The maximum atomic E-state index is 5.59. The summed E-state index contributed by atoms with van der Waals surface area (Å²) in [4.78, 5) is 0. The fourth-order valence-electron chi connectivity index (χ4n) is 4.16. The van der Waals surface area contributed by atoms with E-state index in [1.165, 1.54) is 19.3 Å². The first-order valence-corrected chi connectivity index (χ1v) is 9.63. The maximum Gasteiger partial charge on any atom is 0.334 e. The van der Waals surface area contributed by atoms with Gasteiger partial charge in [0.25, 0.3) is 0 Å². The Hall–Kier alpha value is 0.137. The molecule has 0 aliphatic heterocycles. The summed E-state index contributed by atoms with van der Waals surface area (Å²) in [5, 5.41) is 0. The van der Waals surface area contributed by atoms with E-state index in [-0.39, 0.29) is 0 Å². The average Bonchev–Trinajstić information content (AvgIpc) is 2.87. The minimum absolute atomic E-state index is 0.941. The van der Waals surface area contributed by atoms with Crippen LogP contribution in [0.25, 0.3) is 0 Å². The molecule has 2 aliphatic carbocycles. The van der Waals surface area contributed by atoms with Crippen LogP contribution in [0.4, 0.5) is 0 Å². The summed E-state index contributed by atoms with van der Waals surface area (Å²) in [6, 6.07) is 1.16. The Labute approximate surface area is 107 Å². The molecule has 2 saturated carbocycles. The molecule has 0 N–H and O–H groups in total. The van der Waals surface area contributed by atoms with Crippen LogP contribution in [0.15, 0.2) is 0 Å². The lowest BCUT2D eigenvalue weighted by Gasteiger charge is -2.33. The van der Waals surface area contributed by atoms with Crippen molar-refractivity contribution in [3.8, 4) is 0 Å². The van der Waals surface area contributed by atoms with Crippen LogP contribution >= 0.6 is 0 Å². The third kappa shape index (κ3) is 2.47. The fraction of sp³-hybridized carbons (Fsp3) is 1.00. The first-order valence-electron chi connectivity index (χ1n) is 7.11. The van der Waals surface area contributed by atoms with Gasteiger partial charge in [0.15, 0.2) is 0 Å². The molecule has 3 heteroatoms. The minimum atomic E-state index is -1.83. The van der Waals surface area contributed by atoms with Crippen LogP contribution in [0.5, 0.6) is 0 Å². The molecule has 0 heterocycles. The van der Waals surface area contributed by atoms with Gasteiger partial charge in [-0.15, -0.1) is 0 Å². The van der Waals surface area contributed by atoms with E-state index in [0.29, 0.717) is 0 Å². The Bertz CT molecular complexity index is 263. The second-order valence-electron chi connectivity index (χ2n) is 6.45. The molecule has 2 fully saturated rings. The fourth-order valence-corrected chi connectivity index (χ4v) is 5.63. The highest BCUT2D eigenvalue weighted by atomic mass is 28.4. The first-order chi connectivity index (χ1) is 8.00. The summed E-state index contributed by atoms with van der Waals surface area (Å²) < 4.78 is 11.2. The van der Waals surface area contributed by atoms with Gasteiger partial charge in [0.1, 0.15) is 0 Å². The smallest absolute Gasteiger partial charge is 0.334 e. The Balaban J connectivity index is 1.86. The van der Waals surface area contributed by atoms with Gasteiger partial charge in [-0.05, 0) is 61.4 Å². The second kappa shape index (κ2) is 5.02. The molecule has 0 amide bonds. The molecular formula is C14H28O2Si. The summed E-state index contributed by atoms with van der Waals surface area (Å²) in [6.45, 7) is 7.10. The van der Waals surface area contributed by atoms with Crippen molar-refractivity contribution < 1.29 is 8.85 Å².